The molecule has 5 nitrogen and oxygen atoms in total. The molecule has 1 atom stereocenters. The minimum atomic E-state index is -3.93. The molecule has 12 heavy (non-hydrogen) atoms. The molecule has 0 fully saturated rings. The van der Waals surface area contributed by atoms with Gasteiger partial charge in [-0.05, 0) is 13.3 Å². The number of rotatable bonds is 6. The summed E-state index contributed by atoms with van der Waals surface area (Å²) < 4.78 is 34.2. The molecule has 0 radical (unpaired) electrons. The molecule has 0 aromatic rings. The zero-order chi connectivity index (χ0) is 9.61. The Morgan fingerprint density at radius 2 is 2.00 bits per heavy atom. The third-order valence-corrected chi connectivity index (χ3v) is 2.67. The van der Waals surface area contributed by atoms with E-state index < -0.39 is 15.4 Å². The Labute approximate surface area is 72.1 Å². The lowest BCUT2D eigenvalue weighted by molar-refractivity contribution is 0.0905. The second-order valence-electron chi connectivity index (χ2n) is 2.45. The van der Waals surface area contributed by atoms with Crippen LogP contribution in [0, 0.1) is 0 Å². The smallest absolute Gasteiger partial charge is 0.267 e. The highest BCUT2D eigenvalue weighted by molar-refractivity contribution is 7.86. The van der Waals surface area contributed by atoms with Gasteiger partial charge in [0.15, 0.2) is 0 Å². The molecule has 0 aromatic carbocycles. The maximum atomic E-state index is 10.4. The Kier molecular flexibility index (Phi) is 5.39. The molecule has 2 N–H and O–H groups in total. The van der Waals surface area contributed by atoms with Gasteiger partial charge in [0.25, 0.3) is 10.1 Å². The Hall–Kier alpha value is -0.170. The van der Waals surface area contributed by atoms with Gasteiger partial charge < -0.3 is 9.84 Å². The summed E-state index contributed by atoms with van der Waals surface area (Å²) >= 11 is 0. The maximum absolute atomic E-state index is 10.4. The van der Waals surface area contributed by atoms with Crippen molar-refractivity contribution >= 4 is 10.1 Å². The molecule has 0 aliphatic carbocycles. The average molecular weight is 198 g/mol. The first-order chi connectivity index (χ1) is 5.48. The van der Waals surface area contributed by atoms with E-state index in [-0.39, 0.29) is 26.2 Å². The topological polar surface area (TPSA) is 83.8 Å². The largest absolute Gasteiger partial charge is 0.394 e. The minimum Gasteiger partial charge on any atom is -0.394 e. The fraction of sp³-hybridized carbons (Fsp3) is 1.00. The SMILES string of the molecule is CC(CCOCCO)S(=O)(=O)O. The standard InChI is InChI=1S/C6H14O5S/c1-6(12(8,9)10)2-4-11-5-3-7/h6-7H,2-5H2,1H3,(H,8,9,10). The highest BCUT2D eigenvalue weighted by Crippen LogP contribution is 2.02. The van der Waals surface area contributed by atoms with Gasteiger partial charge in [-0.3, -0.25) is 4.55 Å². The predicted octanol–water partition coefficient (Wildman–Crippen LogP) is -0.338. The van der Waals surface area contributed by atoms with Crippen LogP contribution in [-0.2, 0) is 14.9 Å². The summed E-state index contributed by atoms with van der Waals surface area (Å²) in [6, 6.07) is 0. The summed E-state index contributed by atoms with van der Waals surface area (Å²) in [5, 5.41) is 7.49. The van der Waals surface area contributed by atoms with Gasteiger partial charge in [-0.15, -0.1) is 0 Å². The van der Waals surface area contributed by atoms with E-state index >= 15 is 0 Å². The summed E-state index contributed by atoms with van der Waals surface area (Å²) in [6.07, 6.45) is 0.235. The second-order valence-corrected chi connectivity index (χ2v) is 4.28. The normalized spacial score (nSPS) is 14.6. The van der Waals surface area contributed by atoms with Crippen LogP contribution in [0.3, 0.4) is 0 Å². The molecular formula is C6H14O5S. The zero-order valence-corrected chi connectivity index (χ0v) is 7.75. The number of aliphatic hydroxyl groups excluding tert-OH is 1. The lowest BCUT2D eigenvalue weighted by atomic mass is 10.3. The van der Waals surface area contributed by atoms with Crippen LogP contribution in [0.15, 0.2) is 0 Å². The van der Waals surface area contributed by atoms with Crippen LogP contribution in [0.25, 0.3) is 0 Å². The molecule has 1 unspecified atom stereocenters. The summed E-state index contributed by atoms with van der Waals surface area (Å²) in [5.74, 6) is 0. The minimum absolute atomic E-state index is 0.0831. The first-order valence-corrected chi connectivity index (χ1v) is 5.13. The Morgan fingerprint density at radius 3 is 2.42 bits per heavy atom. The van der Waals surface area contributed by atoms with Gasteiger partial charge in [-0.25, -0.2) is 0 Å². The van der Waals surface area contributed by atoms with Crippen LogP contribution in [0.4, 0.5) is 0 Å². The van der Waals surface area contributed by atoms with Gasteiger partial charge in [0.2, 0.25) is 0 Å². The third-order valence-electron chi connectivity index (χ3n) is 1.41. The summed E-state index contributed by atoms with van der Waals surface area (Å²) in [4.78, 5) is 0. The van der Waals surface area contributed by atoms with Crippen molar-refractivity contribution in [2.24, 2.45) is 0 Å². The molecule has 6 heteroatoms. The Morgan fingerprint density at radius 1 is 1.42 bits per heavy atom. The lowest BCUT2D eigenvalue weighted by Gasteiger charge is -2.07. The van der Waals surface area contributed by atoms with Crippen molar-refractivity contribution in [2.45, 2.75) is 18.6 Å². The van der Waals surface area contributed by atoms with Crippen molar-refractivity contribution < 1.29 is 22.8 Å². The first-order valence-electron chi connectivity index (χ1n) is 3.63. The van der Waals surface area contributed by atoms with Crippen molar-refractivity contribution in [3.05, 3.63) is 0 Å². The van der Waals surface area contributed by atoms with Gasteiger partial charge in [0.1, 0.15) is 0 Å². The maximum Gasteiger partial charge on any atom is 0.267 e. The zero-order valence-electron chi connectivity index (χ0n) is 6.93. The van der Waals surface area contributed by atoms with Crippen LogP contribution in [0.1, 0.15) is 13.3 Å². The van der Waals surface area contributed by atoms with Crippen molar-refractivity contribution in [2.75, 3.05) is 19.8 Å². The number of aliphatic hydroxyl groups is 1. The number of ether oxygens (including phenoxy) is 1. The molecule has 0 aliphatic heterocycles. The highest BCUT2D eigenvalue weighted by Gasteiger charge is 2.16. The van der Waals surface area contributed by atoms with Gasteiger partial charge in [-0.1, -0.05) is 0 Å². The van der Waals surface area contributed by atoms with Crippen molar-refractivity contribution in [1.82, 2.24) is 0 Å². The van der Waals surface area contributed by atoms with Gasteiger partial charge in [0.05, 0.1) is 18.5 Å². The highest BCUT2D eigenvalue weighted by atomic mass is 32.2. The molecule has 0 rings (SSSR count). The van der Waals surface area contributed by atoms with Crippen molar-refractivity contribution in [3.63, 3.8) is 0 Å². The molecule has 0 amide bonds. The molecule has 0 saturated carbocycles. The van der Waals surface area contributed by atoms with Gasteiger partial charge >= 0.3 is 0 Å². The number of hydrogen-bond acceptors (Lipinski definition) is 4. The van der Waals surface area contributed by atoms with Crippen LogP contribution in [-0.4, -0.2) is 43.1 Å². The Bertz CT molecular complexity index is 198. The second kappa shape index (κ2) is 5.47. The molecule has 0 spiro atoms. The van der Waals surface area contributed by atoms with Gasteiger partial charge in [0, 0.05) is 6.61 Å². The molecule has 0 saturated heterocycles. The third kappa shape index (κ3) is 5.48. The summed E-state index contributed by atoms with van der Waals surface area (Å²) in [5.41, 5.74) is 0. The molecule has 74 valence electrons. The lowest BCUT2D eigenvalue weighted by Crippen LogP contribution is -2.18. The van der Waals surface area contributed by atoms with Crippen LogP contribution in [0.5, 0.6) is 0 Å². The predicted molar refractivity (Wildman–Crippen MR) is 43.5 cm³/mol. The van der Waals surface area contributed by atoms with Crippen LogP contribution >= 0.6 is 0 Å². The fourth-order valence-electron chi connectivity index (χ4n) is 0.565. The summed E-state index contributed by atoms with van der Waals surface area (Å²) in [6.45, 7) is 1.73. The van der Waals surface area contributed by atoms with Crippen molar-refractivity contribution in [1.29, 1.82) is 0 Å². The van der Waals surface area contributed by atoms with Crippen LogP contribution < -0.4 is 0 Å². The van der Waals surface area contributed by atoms with Crippen LogP contribution in [0.2, 0.25) is 0 Å². The van der Waals surface area contributed by atoms with E-state index in [0.29, 0.717) is 0 Å². The van der Waals surface area contributed by atoms with E-state index in [9.17, 15) is 8.42 Å². The van der Waals surface area contributed by atoms with Gasteiger partial charge in [-0.2, -0.15) is 8.42 Å². The molecule has 0 heterocycles. The average Bonchev–Trinajstić information content (AvgIpc) is 1.96. The number of hydrogen-bond donors (Lipinski definition) is 2. The van der Waals surface area contributed by atoms with E-state index in [2.05, 4.69) is 0 Å². The fourth-order valence-corrected chi connectivity index (χ4v) is 0.959. The van der Waals surface area contributed by atoms with E-state index in [1.54, 1.807) is 0 Å². The molecule has 0 aliphatic rings. The molecular weight excluding hydrogens is 184 g/mol. The quantitative estimate of drug-likeness (QED) is 0.450. The molecule has 0 bridgehead atoms. The van der Waals surface area contributed by atoms with E-state index in [1.165, 1.54) is 6.92 Å². The summed E-state index contributed by atoms with van der Waals surface area (Å²) in [7, 11) is -3.93. The first kappa shape index (κ1) is 11.8. The Balaban J connectivity index is 3.52. The van der Waals surface area contributed by atoms with E-state index in [4.69, 9.17) is 14.4 Å². The van der Waals surface area contributed by atoms with Crippen molar-refractivity contribution in [3.8, 4) is 0 Å². The molecule has 0 aromatic heterocycles. The monoisotopic (exact) mass is 198 g/mol. The van der Waals surface area contributed by atoms with E-state index in [1.807, 2.05) is 0 Å². The van der Waals surface area contributed by atoms with E-state index in [0.717, 1.165) is 0 Å².